The van der Waals surface area contributed by atoms with Gasteiger partial charge in [0.05, 0.1) is 0 Å². The number of rotatable bonds is 4. The van der Waals surface area contributed by atoms with Crippen molar-refractivity contribution >= 4 is 5.97 Å². The van der Waals surface area contributed by atoms with Crippen molar-refractivity contribution in [1.82, 2.24) is 4.90 Å². The summed E-state index contributed by atoms with van der Waals surface area (Å²) in [6.45, 7) is 10.2. The highest BCUT2D eigenvalue weighted by Gasteiger charge is 2.47. The van der Waals surface area contributed by atoms with Crippen molar-refractivity contribution in [2.45, 2.75) is 52.2 Å². The fraction of sp³-hybridized carbons (Fsp3) is 0.611. The van der Waals surface area contributed by atoms with Gasteiger partial charge in [-0.05, 0) is 25.5 Å². The van der Waals surface area contributed by atoms with Crippen LogP contribution >= 0.6 is 0 Å². The number of benzene rings is 1. The van der Waals surface area contributed by atoms with Crippen molar-refractivity contribution in [3.63, 3.8) is 0 Å². The van der Waals surface area contributed by atoms with Crippen LogP contribution in [0.15, 0.2) is 30.3 Å². The monoisotopic (exact) mass is 289 g/mol. The summed E-state index contributed by atoms with van der Waals surface area (Å²) >= 11 is 0. The Morgan fingerprint density at radius 2 is 2.00 bits per heavy atom. The van der Waals surface area contributed by atoms with Crippen molar-refractivity contribution < 1.29 is 9.53 Å². The van der Waals surface area contributed by atoms with Crippen LogP contribution in [0.25, 0.3) is 0 Å². The van der Waals surface area contributed by atoms with Crippen LogP contribution in [-0.4, -0.2) is 30.0 Å². The summed E-state index contributed by atoms with van der Waals surface area (Å²) < 4.78 is 5.91. The molecule has 21 heavy (non-hydrogen) atoms. The first-order chi connectivity index (χ1) is 9.99. The molecule has 0 amide bonds. The van der Waals surface area contributed by atoms with Crippen LogP contribution in [0.1, 0.15) is 46.1 Å². The lowest BCUT2D eigenvalue weighted by Crippen LogP contribution is -2.54. The summed E-state index contributed by atoms with van der Waals surface area (Å²) in [5.41, 5.74) is 0.632. The third-order valence-corrected chi connectivity index (χ3v) is 4.63. The molecular weight excluding hydrogens is 262 g/mol. The molecule has 1 aromatic rings. The lowest BCUT2D eigenvalue weighted by atomic mass is 9.74. The molecule has 3 atom stereocenters. The molecule has 0 spiro atoms. The number of esters is 1. The minimum atomic E-state index is -0.489. The van der Waals surface area contributed by atoms with Gasteiger partial charge in [0.25, 0.3) is 0 Å². The van der Waals surface area contributed by atoms with Crippen LogP contribution in [0.5, 0.6) is 0 Å². The van der Waals surface area contributed by atoms with Gasteiger partial charge in [-0.25, -0.2) is 0 Å². The standard InChI is InChI=1S/C18H27NO2/c1-5-11-19-13-14(2)18(12-15(19)3,21-16(4)20)17-9-7-6-8-10-17/h6-10,14-15H,5,11-13H2,1-4H3/t14-,15-,18+/m0/s1. The van der Waals surface area contributed by atoms with Crippen molar-refractivity contribution in [3.8, 4) is 0 Å². The first-order valence-electron chi connectivity index (χ1n) is 7.98. The Kier molecular flexibility index (Phi) is 5.04. The summed E-state index contributed by atoms with van der Waals surface area (Å²) in [4.78, 5) is 14.2. The van der Waals surface area contributed by atoms with Crippen LogP contribution in [0, 0.1) is 5.92 Å². The molecule has 0 unspecified atom stereocenters. The molecule has 0 aliphatic carbocycles. The molecule has 0 radical (unpaired) electrons. The lowest BCUT2D eigenvalue weighted by molar-refractivity contribution is -0.176. The van der Waals surface area contributed by atoms with E-state index < -0.39 is 5.60 Å². The molecule has 0 N–H and O–H groups in total. The number of carbonyl (C=O) groups is 1. The third-order valence-electron chi connectivity index (χ3n) is 4.63. The van der Waals surface area contributed by atoms with Crippen LogP contribution in [0.3, 0.4) is 0 Å². The molecule has 0 saturated carbocycles. The fourth-order valence-electron chi connectivity index (χ4n) is 3.63. The summed E-state index contributed by atoms with van der Waals surface area (Å²) in [5, 5.41) is 0. The Balaban J connectivity index is 2.35. The van der Waals surface area contributed by atoms with Crippen molar-refractivity contribution in [3.05, 3.63) is 35.9 Å². The molecule has 0 bridgehead atoms. The fourth-order valence-corrected chi connectivity index (χ4v) is 3.63. The Morgan fingerprint density at radius 1 is 1.33 bits per heavy atom. The maximum absolute atomic E-state index is 11.7. The van der Waals surface area contributed by atoms with E-state index in [4.69, 9.17) is 4.74 Å². The Bertz CT molecular complexity index is 473. The van der Waals surface area contributed by atoms with E-state index in [1.807, 2.05) is 18.2 Å². The number of piperidine rings is 1. The van der Waals surface area contributed by atoms with Crippen molar-refractivity contribution in [1.29, 1.82) is 0 Å². The smallest absolute Gasteiger partial charge is 0.303 e. The van der Waals surface area contributed by atoms with Crippen molar-refractivity contribution in [2.75, 3.05) is 13.1 Å². The van der Waals surface area contributed by atoms with Gasteiger partial charge in [0, 0.05) is 31.8 Å². The quantitative estimate of drug-likeness (QED) is 0.793. The van der Waals surface area contributed by atoms with Gasteiger partial charge in [-0.15, -0.1) is 0 Å². The molecule has 2 rings (SSSR count). The van der Waals surface area contributed by atoms with Crippen LogP contribution in [0.4, 0.5) is 0 Å². The van der Waals surface area contributed by atoms with E-state index in [-0.39, 0.29) is 11.9 Å². The molecule has 1 heterocycles. The second-order valence-electron chi connectivity index (χ2n) is 6.30. The largest absolute Gasteiger partial charge is 0.454 e. The lowest BCUT2D eigenvalue weighted by Gasteiger charge is -2.49. The highest BCUT2D eigenvalue weighted by molar-refractivity contribution is 5.67. The molecule has 1 aromatic carbocycles. The number of carbonyl (C=O) groups excluding carboxylic acids is 1. The zero-order chi connectivity index (χ0) is 15.5. The van der Waals surface area contributed by atoms with Gasteiger partial charge in [-0.2, -0.15) is 0 Å². The van der Waals surface area contributed by atoms with Gasteiger partial charge in [-0.3, -0.25) is 4.79 Å². The zero-order valence-electron chi connectivity index (χ0n) is 13.6. The van der Waals surface area contributed by atoms with Crippen LogP contribution in [-0.2, 0) is 15.1 Å². The molecule has 0 aromatic heterocycles. The molecule has 1 saturated heterocycles. The predicted octanol–water partition coefficient (Wildman–Crippen LogP) is 3.59. The topological polar surface area (TPSA) is 29.5 Å². The van der Waals surface area contributed by atoms with E-state index in [0.29, 0.717) is 6.04 Å². The van der Waals surface area contributed by atoms with E-state index in [9.17, 15) is 4.79 Å². The number of nitrogens with zero attached hydrogens (tertiary/aromatic N) is 1. The van der Waals surface area contributed by atoms with E-state index in [1.165, 1.54) is 6.92 Å². The maximum Gasteiger partial charge on any atom is 0.303 e. The van der Waals surface area contributed by atoms with E-state index in [0.717, 1.165) is 31.5 Å². The van der Waals surface area contributed by atoms with Crippen LogP contribution < -0.4 is 0 Å². The van der Waals surface area contributed by atoms with E-state index >= 15 is 0 Å². The predicted molar refractivity (Wildman–Crippen MR) is 85.0 cm³/mol. The highest BCUT2D eigenvalue weighted by Crippen LogP contribution is 2.43. The van der Waals surface area contributed by atoms with Gasteiger partial charge in [0.1, 0.15) is 5.60 Å². The van der Waals surface area contributed by atoms with E-state index in [2.05, 4.69) is 37.8 Å². The minimum absolute atomic E-state index is 0.193. The average Bonchev–Trinajstić information content (AvgIpc) is 2.45. The Hall–Kier alpha value is -1.35. The summed E-state index contributed by atoms with van der Waals surface area (Å²) in [6.07, 6.45) is 2.01. The normalized spacial score (nSPS) is 30.1. The van der Waals surface area contributed by atoms with Crippen LogP contribution in [0.2, 0.25) is 0 Å². The number of hydrogen-bond acceptors (Lipinski definition) is 3. The van der Waals surface area contributed by atoms with Gasteiger partial charge in [0.15, 0.2) is 0 Å². The first-order valence-corrected chi connectivity index (χ1v) is 7.98. The zero-order valence-corrected chi connectivity index (χ0v) is 13.6. The molecule has 1 aliphatic rings. The first kappa shape index (κ1) is 16.0. The number of hydrogen-bond donors (Lipinski definition) is 0. The average molecular weight is 289 g/mol. The Labute approximate surface area is 128 Å². The van der Waals surface area contributed by atoms with Gasteiger partial charge in [0.2, 0.25) is 0 Å². The maximum atomic E-state index is 11.7. The van der Waals surface area contributed by atoms with Crippen molar-refractivity contribution in [2.24, 2.45) is 5.92 Å². The second-order valence-corrected chi connectivity index (χ2v) is 6.30. The van der Waals surface area contributed by atoms with Gasteiger partial charge in [-0.1, -0.05) is 44.2 Å². The molecular formula is C18H27NO2. The Morgan fingerprint density at radius 3 is 2.57 bits per heavy atom. The summed E-state index contributed by atoms with van der Waals surface area (Å²) in [7, 11) is 0. The molecule has 116 valence electrons. The SMILES string of the molecule is CCCN1C[C@H](C)[C@@](OC(C)=O)(c2ccccc2)C[C@@H]1C. The molecule has 3 nitrogen and oxygen atoms in total. The highest BCUT2D eigenvalue weighted by atomic mass is 16.6. The van der Waals surface area contributed by atoms with Gasteiger partial charge >= 0.3 is 5.97 Å². The van der Waals surface area contributed by atoms with E-state index in [1.54, 1.807) is 0 Å². The minimum Gasteiger partial charge on any atom is -0.454 e. The third kappa shape index (κ3) is 3.29. The second kappa shape index (κ2) is 6.61. The molecule has 3 heteroatoms. The van der Waals surface area contributed by atoms with Gasteiger partial charge < -0.3 is 9.64 Å². The number of likely N-dealkylation sites (tertiary alicyclic amines) is 1. The summed E-state index contributed by atoms with van der Waals surface area (Å²) in [5.74, 6) is 0.0911. The number of ether oxygens (including phenoxy) is 1. The molecule has 1 fully saturated rings. The summed E-state index contributed by atoms with van der Waals surface area (Å²) in [6, 6.07) is 10.6. The molecule has 1 aliphatic heterocycles.